The summed E-state index contributed by atoms with van der Waals surface area (Å²) in [6, 6.07) is 7.77. The molecule has 0 aliphatic carbocycles. The van der Waals surface area contributed by atoms with Crippen LogP contribution in [0.1, 0.15) is 11.1 Å². The Bertz CT molecular complexity index is 537. The lowest BCUT2D eigenvalue weighted by Crippen LogP contribution is -1.95. The number of hydrogen-bond donors (Lipinski definition) is 0. The van der Waals surface area contributed by atoms with Crippen LogP contribution in [0.25, 0.3) is 5.69 Å². The summed E-state index contributed by atoms with van der Waals surface area (Å²) < 4.78 is 2.70. The Morgan fingerprint density at radius 2 is 2.27 bits per heavy atom. The molecule has 0 amide bonds. The summed E-state index contributed by atoms with van der Waals surface area (Å²) in [5.74, 6) is 0. The Kier molecular flexibility index (Phi) is 2.57. The number of hydrogen-bond acceptors (Lipinski definition) is 2. The predicted octanol–water partition coefficient (Wildman–Crippen LogP) is 2.81. The maximum atomic E-state index is 8.80. The van der Waals surface area contributed by atoms with Crippen molar-refractivity contribution in [1.82, 2.24) is 9.78 Å². The number of aromatic nitrogens is 2. The van der Waals surface area contributed by atoms with Gasteiger partial charge >= 0.3 is 0 Å². The van der Waals surface area contributed by atoms with Gasteiger partial charge in [-0.3, -0.25) is 0 Å². The predicted molar refractivity (Wildman–Crippen MR) is 60.7 cm³/mol. The molecule has 0 fully saturated rings. The van der Waals surface area contributed by atoms with Crippen molar-refractivity contribution in [1.29, 1.82) is 5.26 Å². The molecule has 15 heavy (non-hydrogen) atoms. The molecule has 4 heteroatoms. The lowest BCUT2D eigenvalue weighted by Gasteiger charge is -2.03. The third-order valence-corrected chi connectivity index (χ3v) is 2.56. The van der Waals surface area contributed by atoms with Crippen LogP contribution in [0, 0.1) is 18.3 Å². The molecule has 0 saturated carbocycles. The highest BCUT2D eigenvalue weighted by molar-refractivity contribution is 9.10. The topological polar surface area (TPSA) is 41.6 Å². The van der Waals surface area contributed by atoms with Crippen LogP contribution in [0.15, 0.2) is 35.1 Å². The van der Waals surface area contributed by atoms with Crippen molar-refractivity contribution in [3.8, 4) is 11.8 Å². The monoisotopic (exact) mass is 261 g/mol. The number of nitriles is 1. The van der Waals surface area contributed by atoms with E-state index in [-0.39, 0.29) is 0 Å². The zero-order valence-corrected chi connectivity index (χ0v) is 9.69. The highest BCUT2D eigenvalue weighted by atomic mass is 79.9. The summed E-state index contributed by atoms with van der Waals surface area (Å²) in [5.41, 5.74) is 2.61. The van der Waals surface area contributed by atoms with E-state index in [0.29, 0.717) is 5.56 Å². The van der Waals surface area contributed by atoms with E-state index in [1.807, 2.05) is 25.3 Å². The summed E-state index contributed by atoms with van der Waals surface area (Å²) in [5, 5.41) is 13.0. The molecule has 3 nitrogen and oxygen atoms in total. The molecule has 74 valence electrons. The summed E-state index contributed by atoms with van der Waals surface area (Å²) in [4.78, 5) is 0. The van der Waals surface area contributed by atoms with Gasteiger partial charge in [0.05, 0.1) is 28.0 Å². The zero-order valence-electron chi connectivity index (χ0n) is 8.11. The van der Waals surface area contributed by atoms with Gasteiger partial charge in [-0.15, -0.1) is 0 Å². The Hall–Kier alpha value is -1.60. The lowest BCUT2D eigenvalue weighted by molar-refractivity contribution is 0.878. The quantitative estimate of drug-likeness (QED) is 0.792. The molecule has 1 aromatic heterocycles. The fourth-order valence-corrected chi connectivity index (χ4v) is 1.64. The van der Waals surface area contributed by atoms with E-state index < -0.39 is 0 Å². The lowest BCUT2D eigenvalue weighted by atomic mass is 10.1. The van der Waals surface area contributed by atoms with Gasteiger partial charge in [0.1, 0.15) is 0 Å². The maximum absolute atomic E-state index is 8.80. The van der Waals surface area contributed by atoms with Gasteiger partial charge in [-0.25, -0.2) is 4.68 Å². The molecule has 1 aromatic carbocycles. The molecule has 2 rings (SSSR count). The number of aryl methyl sites for hydroxylation is 1. The number of rotatable bonds is 1. The van der Waals surface area contributed by atoms with E-state index in [0.717, 1.165) is 15.7 Å². The third-order valence-electron chi connectivity index (χ3n) is 2.15. The van der Waals surface area contributed by atoms with Crippen molar-refractivity contribution in [3.63, 3.8) is 0 Å². The molecule has 0 saturated heterocycles. The van der Waals surface area contributed by atoms with Crippen LogP contribution < -0.4 is 0 Å². The van der Waals surface area contributed by atoms with Crippen LogP contribution >= 0.6 is 15.9 Å². The second-order valence-electron chi connectivity index (χ2n) is 3.21. The minimum Gasteiger partial charge on any atom is -0.240 e. The van der Waals surface area contributed by atoms with Crippen molar-refractivity contribution in [3.05, 3.63) is 46.2 Å². The molecule has 1 heterocycles. The van der Waals surface area contributed by atoms with Crippen molar-refractivity contribution in [2.75, 3.05) is 0 Å². The summed E-state index contributed by atoms with van der Waals surface area (Å²) in [6.45, 7) is 1.92. The van der Waals surface area contributed by atoms with Gasteiger partial charge in [0.15, 0.2) is 0 Å². The minimum atomic E-state index is 0.699. The van der Waals surface area contributed by atoms with Crippen molar-refractivity contribution < 1.29 is 0 Å². The molecule has 0 spiro atoms. The smallest absolute Gasteiger partial charge is 0.0994 e. The molecule has 0 aliphatic rings. The number of nitrogens with zero attached hydrogens (tertiary/aromatic N) is 3. The first kappa shape index (κ1) is 9.94. The normalized spacial score (nSPS) is 9.93. The van der Waals surface area contributed by atoms with Crippen LogP contribution in [0.5, 0.6) is 0 Å². The molecule has 0 aliphatic heterocycles. The van der Waals surface area contributed by atoms with E-state index in [2.05, 4.69) is 27.1 Å². The van der Waals surface area contributed by atoms with Gasteiger partial charge < -0.3 is 0 Å². The Balaban J connectivity index is 2.48. The van der Waals surface area contributed by atoms with Gasteiger partial charge in [0.2, 0.25) is 0 Å². The highest BCUT2D eigenvalue weighted by Crippen LogP contribution is 2.15. The van der Waals surface area contributed by atoms with Gasteiger partial charge in [0.25, 0.3) is 0 Å². The first-order chi connectivity index (χ1) is 7.20. The van der Waals surface area contributed by atoms with Gasteiger partial charge in [0, 0.05) is 6.20 Å². The van der Waals surface area contributed by atoms with E-state index in [1.165, 1.54) is 0 Å². The van der Waals surface area contributed by atoms with E-state index in [4.69, 9.17) is 5.26 Å². The van der Waals surface area contributed by atoms with Crippen LogP contribution in [-0.2, 0) is 0 Å². The van der Waals surface area contributed by atoms with Crippen LogP contribution in [0.3, 0.4) is 0 Å². The van der Waals surface area contributed by atoms with E-state index >= 15 is 0 Å². The maximum Gasteiger partial charge on any atom is 0.0994 e. The van der Waals surface area contributed by atoms with E-state index in [1.54, 1.807) is 16.9 Å². The number of halogens is 1. The Morgan fingerprint density at radius 3 is 2.80 bits per heavy atom. The third kappa shape index (κ3) is 1.92. The van der Waals surface area contributed by atoms with E-state index in [9.17, 15) is 0 Å². The molecule has 0 N–H and O–H groups in total. The molecular weight excluding hydrogens is 254 g/mol. The first-order valence-corrected chi connectivity index (χ1v) is 5.21. The van der Waals surface area contributed by atoms with Crippen molar-refractivity contribution in [2.45, 2.75) is 6.92 Å². The van der Waals surface area contributed by atoms with Crippen LogP contribution in [0.4, 0.5) is 0 Å². The largest absolute Gasteiger partial charge is 0.240 e. The van der Waals surface area contributed by atoms with Crippen LogP contribution in [0.2, 0.25) is 0 Å². The van der Waals surface area contributed by atoms with Gasteiger partial charge in [-0.1, -0.05) is 0 Å². The molecule has 0 atom stereocenters. The zero-order chi connectivity index (χ0) is 10.8. The first-order valence-electron chi connectivity index (χ1n) is 4.42. The second-order valence-corrected chi connectivity index (χ2v) is 4.13. The average molecular weight is 262 g/mol. The second kappa shape index (κ2) is 3.87. The summed E-state index contributed by atoms with van der Waals surface area (Å²) in [6.07, 6.45) is 3.61. The molecule has 0 bridgehead atoms. The standard InChI is InChI=1S/C11H8BrN3/c1-8-4-11(3-2-9(8)5-13)15-7-10(12)6-14-15/h2-4,6-7H,1H3. The Morgan fingerprint density at radius 1 is 1.47 bits per heavy atom. The molecule has 0 unspecified atom stereocenters. The fraction of sp³-hybridized carbons (Fsp3) is 0.0909. The van der Waals surface area contributed by atoms with Crippen LogP contribution in [-0.4, -0.2) is 9.78 Å². The van der Waals surface area contributed by atoms with Crippen molar-refractivity contribution in [2.24, 2.45) is 0 Å². The van der Waals surface area contributed by atoms with Gasteiger partial charge in [-0.05, 0) is 46.6 Å². The summed E-state index contributed by atoms with van der Waals surface area (Å²) in [7, 11) is 0. The SMILES string of the molecule is Cc1cc(-n2cc(Br)cn2)ccc1C#N. The minimum absolute atomic E-state index is 0.699. The molecular formula is C11H8BrN3. The molecule has 2 aromatic rings. The summed E-state index contributed by atoms with van der Waals surface area (Å²) >= 11 is 3.34. The highest BCUT2D eigenvalue weighted by Gasteiger charge is 2.02. The average Bonchev–Trinajstić information content (AvgIpc) is 2.65. The molecule has 0 radical (unpaired) electrons. The fourth-order valence-electron chi connectivity index (χ4n) is 1.36. The Labute approximate surface area is 96.1 Å². The van der Waals surface area contributed by atoms with Gasteiger partial charge in [-0.2, -0.15) is 10.4 Å². The van der Waals surface area contributed by atoms with Crippen molar-refractivity contribution >= 4 is 15.9 Å². The number of benzene rings is 1.